The van der Waals surface area contributed by atoms with Crippen molar-refractivity contribution in [2.45, 2.75) is 26.2 Å². The van der Waals surface area contributed by atoms with Crippen LogP contribution in [0.1, 0.15) is 23.4 Å². The fourth-order valence-corrected chi connectivity index (χ4v) is 4.44. The zero-order chi connectivity index (χ0) is 22.0. The van der Waals surface area contributed by atoms with Crippen LogP contribution in [0.2, 0.25) is 0 Å². The number of piperazine rings is 1. The molecule has 2 fully saturated rings. The summed E-state index contributed by atoms with van der Waals surface area (Å²) in [5, 5.41) is 3.04. The second kappa shape index (κ2) is 8.97. The van der Waals surface area contributed by atoms with Gasteiger partial charge in [0.25, 0.3) is 0 Å². The van der Waals surface area contributed by atoms with Gasteiger partial charge in [-0.15, -0.1) is 11.3 Å². The number of rotatable bonds is 5. The van der Waals surface area contributed by atoms with Crippen LogP contribution in [0.15, 0.2) is 29.6 Å². The summed E-state index contributed by atoms with van der Waals surface area (Å²) in [7, 11) is 0. The monoisotopic (exact) mass is 440 g/mol. The Bertz CT molecular complexity index is 993. The summed E-state index contributed by atoms with van der Waals surface area (Å²) < 4.78 is 0. The number of nitrogens with zero attached hydrogens (tertiary/aromatic N) is 4. The Morgan fingerprint density at radius 1 is 0.935 bits per heavy atom. The minimum absolute atomic E-state index is 0.0225. The highest BCUT2D eigenvalue weighted by molar-refractivity contribution is 7.09. The summed E-state index contributed by atoms with van der Waals surface area (Å²) >= 11 is 1.61. The van der Waals surface area contributed by atoms with Crippen LogP contribution >= 0.6 is 11.3 Å². The summed E-state index contributed by atoms with van der Waals surface area (Å²) in [5.41, 5.74) is 2.91. The maximum atomic E-state index is 12.7. The third-order valence-corrected chi connectivity index (χ3v) is 6.43. The molecule has 0 aliphatic carbocycles. The van der Waals surface area contributed by atoms with Crippen LogP contribution in [-0.4, -0.2) is 76.0 Å². The number of carbonyl (C=O) groups is 4. The van der Waals surface area contributed by atoms with Crippen LogP contribution < -0.4 is 0 Å². The highest BCUT2D eigenvalue weighted by atomic mass is 32.1. The quantitative estimate of drug-likeness (QED) is 0.657. The van der Waals surface area contributed by atoms with E-state index in [1.54, 1.807) is 21.1 Å². The van der Waals surface area contributed by atoms with Gasteiger partial charge in [0.15, 0.2) is 0 Å². The Hall–Kier alpha value is -3.07. The van der Waals surface area contributed by atoms with Gasteiger partial charge in [-0.2, -0.15) is 0 Å². The maximum Gasteiger partial charge on any atom is 0.242 e. The number of imide groups is 1. The first-order chi connectivity index (χ1) is 14.9. The molecule has 0 saturated carbocycles. The number of thiazole rings is 1. The fraction of sp³-hybridized carbons (Fsp3) is 0.409. The van der Waals surface area contributed by atoms with Gasteiger partial charge >= 0.3 is 0 Å². The predicted octanol–water partition coefficient (Wildman–Crippen LogP) is 1.48. The van der Waals surface area contributed by atoms with Crippen molar-refractivity contribution in [1.29, 1.82) is 0 Å². The molecule has 2 aliphatic heterocycles. The Kier molecular flexibility index (Phi) is 6.13. The fourth-order valence-electron chi connectivity index (χ4n) is 3.82. The van der Waals surface area contributed by atoms with E-state index >= 15 is 0 Å². The van der Waals surface area contributed by atoms with E-state index in [-0.39, 0.29) is 43.0 Å². The van der Waals surface area contributed by atoms with Crippen molar-refractivity contribution >= 4 is 35.0 Å². The lowest BCUT2D eigenvalue weighted by Crippen LogP contribution is -2.53. The van der Waals surface area contributed by atoms with Gasteiger partial charge in [0.05, 0.1) is 17.1 Å². The Labute approximate surface area is 184 Å². The number of hydrogen-bond donors (Lipinski definition) is 0. The minimum atomic E-state index is -0.289. The molecule has 31 heavy (non-hydrogen) atoms. The van der Waals surface area contributed by atoms with Crippen LogP contribution in [-0.2, 0) is 25.6 Å². The number of hydrogen-bond acceptors (Lipinski definition) is 6. The molecular formula is C22H24N4O4S. The topological polar surface area (TPSA) is 90.9 Å². The maximum absolute atomic E-state index is 12.7. The molecule has 9 heteroatoms. The zero-order valence-electron chi connectivity index (χ0n) is 17.4. The summed E-state index contributed by atoms with van der Waals surface area (Å²) in [6.07, 6.45) is 0.665. The Morgan fingerprint density at radius 2 is 1.52 bits per heavy atom. The molecule has 0 N–H and O–H groups in total. The van der Waals surface area contributed by atoms with Gasteiger partial charge in [-0.1, -0.05) is 24.3 Å². The van der Waals surface area contributed by atoms with E-state index in [9.17, 15) is 19.2 Å². The molecule has 8 nitrogen and oxygen atoms in total. The van der Waals surface area contributed by atoms with Crippen LogP contribution in [0.25, 0.3) is 11.3 Å². The molecular weight excluding hydrogens is 416 g/mol. The molecule has 0 unspecified atom stereocenters. The van der Waals surface area contributed by atoms with Crippen molar-refractivity contribution in [1.82, 2.24) is 19.7 Å². The second-order valence-corrected chi connectivity index (χ2v) is 8.82. The first-order valence-electron chi connectivity index (χ1n) is 10.3. The molecule has 0 atom stereocenters. The molecule has 1 aromatic heterocycles. The molecule has 2 saturated heterocycles. The smallest absolute Gasteiger partial charge is 0.242 e. The minimum Gasteiger partial charge on any atom is -0.339 e. The molecule has 0 spiro atoms. The van der Waals surface area contributed by atoms with Crippen LogP contribution in [0.3, 0.4) is 0 Å². The number of aromatic nitrogens is 1. The molecule has 2 aliphatic rings. The molecule has 3 heterocycles. The molecule has 162 valence electrons. The first-order valence-corrected chi connectivity index (χ1v) is 11.2. The first kappa shape index (κ1) is 21.2. The van der Waals surface area contributed by atoms with Gasteiger partial charge in [-0.3, -0.25) is 24.1 Å². The predicted molar refractivity (Wildman–Crippen MR) is 115 cm³/mol. The third kappa shape index (κ3) is 4.82. The van der Waals surface area contributed by atoms with Gasteiger partial charge in [0, 0.05) is 50.0 Å². The molecule has 4 rings (SSSR count). The number of carbonyl (C=O) groups excluding carboxylic acids is 4. The van der Waals surface area contributed by atoms with E-state index in [1.165, 1.54) is 0 Å². The summed E-state index contributed by atoms with van der Waals surface area (Å²) in [5.74, 6) is -0.802. The SMILES string of the molecule is Cc1nc(-c2ccc(CC(=O)N3CCN(C(=O)CN4C(=O)CCC4=O)CC3)cc2)cs1. The molecule has 0 bridgehead atoms. The van der Waals surface area contributed by atoms with Gasteiger partial charge in [-0.05, 0) is 12.5 Å². The van der Waals surface area contributed by atoms with E-state index in [4.69, 9.17) is 0 Å². The molecule has 1 aromatic carbocycles. The van der Waals surface area contributed by atoms with Crippen molar-refractivity contribution in [2.24, 2.45) is 0 Å². The van der Waals surface area contributed by atoms with Crippen molar-refractivity contribution in [2.75, 3.05) is 32.7 Å². The number of amides is 4. The average molecular weight is 441 g/mol. The van der Waals surface area contributed by atoms with Gasteiger partial charge in [0.2, 0.25) is 23.6 Å². The Morgan fingerprint density at radius 3 is 2.06 bits per heavy atom. The van der Waals surface area contributed by atoms with Crippen LogP contribution in [0.4, 0.5) is 0 Å². The summed E-state index contributed by atoms with van der Waals surface area (Å²) in [4.78, 5) is 57.4. The highest BCUT2D eigenvalue weighted by Gasteiger charge is 2.33. The molecule has 4 amide bonds. The van der Waals surface area contributed by atoms with Crippen molar-refractivity contribution in [3.8, 4) is 11.3 Å². The lowest BCUT2D eigenvalue weighted by molar-refractivity contribution is -0.147. The highest BCUT2D eigenvalue weighted by Crippen LogP contribution is 2.22. The van der Waals surface area contributed by atoms with E-state index < -0.39 is 0 Å². The zero-order valence-corrected chi connectivity index (χ0v) is 18.2. The summed E-state index contributed by atoms with van der Waals surface area (Å²) in [6, 6.07) is 7.86. The van der Waals surface area contributed by atoms with Crippen molar-refractivity contribution < 1.29 is 19.2 Å². The number of aryl methyl sites for hydroxylation is 1. The van der Waals surface area contributed by atoms with Gasteiger partial charge < -0.3 is 9.80 Å². The van der Waals surface area contributed by atoms with Crippen LogP contribution in [0, 0.1) is 6.92 Å². The lowest BCUT2D eigenvalue weighted by atomic mass is 10.1. The Balaban J connectivity index is 1.27. The standard InChI is InChI=1S/C22H24N4O4S/c1-15-23-18(14-31-15)17-4-2-16(3-5-17)12-21(29)24-8-10-25(11-9-24)22(30)13-26-19(27)6-7-20(26)28/h2-5,14H,6-13H2,1H3. The van der Waals surface area contributed by atoms with Crippen molar-refractivity contribution in [3.05, 3.63) is 40.2 Å². The largest absolute Gasteiger partial charge is 0.339 e. The van der Waals surface area contributed by atoms with Crippen molar-refractivity contribution in [3.63, 3.8) is 0 Å². The molecule has 0 radical (unpaired) electrons. The summed E-state index contributed by atoms with van der Waals surface area (Å²) in [6.45, 7) is 3.48. The van der Waals surface area contributed by atoms with E-state index in [0.29, 0.717) is 32.6 Å². The average Bonchev–Trinajstić information content (AvgIpc) is 3.34. The van der Waals surface area contributed by atoms with Crippen LogP contribution in [0.5, 0.6) is 0 Å². The molecule has 2 aromatic rings. The van der Waals surface area contributed by atoms with E-state index in [2.05, 4.69) is 4.98 Å². The number of likely N-dealkylation sites (tertiary alicyclic amines) is 1. The second-order valence-electron chi connectivity index (χ2n) is 7.76. The third-order valence-electron chi connectivity index (χ3n) is 5.66. The normalized spacial score (nSPS) is 16.9. The van der Waals surface area contributed by atoms with E-state index in [1.807, 2.05) is 36.6 Å². The number of benzene rings is 1. The van der Waals surface area contributed by atoms with Gasteiger partial charge in [-0.25, -0.2) is 4.98 Å². The van der Waals surface area contributed by atoms with Gasteiger partial charge in [0.1, 0.15) is 6.54 Å². The lowest BCUT2D eigenvalue weighted by Gasteiger charge is -2.35. The van der Waals surface area contributed by atoms with E-state index in [0.717, 1.165) is 26.7 Å².